The number of hydrogen-bond acceptors (Lipinski definition) is 3. The Balaban J connectivity index is 1.74. The summed E-state index contributed by atoms with van der Waals surface area (Å²) in [5.74, 6) is 0.656. The minimum Gasteiger partial charge on any atom is -0.455 e. The zero-order valence-corrected chi connectivity index (χ0v) is 16.4. The summed E-state index contributed by atoms with van der Waals surface area (Å²) in [5.41, 5.74) is 2.95. The summed E-state index contributed by atoms with van der Waals surface area (Å²) in [6, 6.07) is 20.8. The summed E-state index contributed by atoms with van der Waals surface area (Å²) in [7, 11) is 0. The molecule has 0 saturated heterocycles. The number of rotatable bonds is 5. The first-order valence-electron chi connectivity index (χ1n) is 9.10. The number of alkyl halides is 3. The Morgan fingerprint density at radius 3 is 1.90 bits per heavy atom. The van der Waals surface area contributed by atoms with Crippen LogP contribution in [-0.2, 0) is 5.41 Å². The molecule has 0 unspecified atom stereocenters. The predicted octanol–water partition coefficient (Wildman–Crippen LogP) is 7.42. The molecule has 0 aliphatic heterocycles. The van der Waals surface area contributed by atoms with Gasteiger partial charge in [0.1, 0.15) is 11.5 Å². The lowest BCUT2D eigenvalue weighted by molar-refractivity contribution is -0.274. The Morgan fingerprint density at radius 2 is 1.31 bits per heavy atom. The molecule has 3 aromatic rings. The van der Waals surface area contributed by atoms with E-state index in [0.29, 0.717) is 11.5 Å². The molecule has 6 heteroatoms. The van der Waals surface area contributed by atoms with E-state index in [1.165, 1.54) is 29.8 Å². The molecule has 29 heavy (non-hydrogen) atoms. The summed E-state index contributed by atoms with van der Waals surface area (Å²) in [4.78, 5) is 0. The fourth-order valence-electron chi connectivity index (χ4n) is 2.70. The van der Waals surface area contributed by atoms with Gasteiger partial charge in [-0.25, -0.2) is 0 Å². The summed E-state index contributed by atoms with van der Waals surface area (Å²) in [5, 5.41) is 3.32. The SMILES string of the molecule is CC(C)(C)c1ccc(Nc2ccccc2Oc2ccc(OC(F)(F)F)cc2)cc1. The van der Waals surface area contributed by atoms with Crippen LogP contribution in [0.2, 0.25) is 0 Å². The second kappa shape index (κ2) is 8.07. The smallest absolute Gasteiger partial charge is 0.455 e. The number of hydrogen-bond donors (Lipinski definition) is 1. The zero-order valence-electron chi connectivity index (χ0n) is 16.4. The van der Waals surface area contributed by atoms with Crippen molar-refractivity contribution in [1.29, 1.82) is 0 Å². The molecule has 152 valence electrons. The molecule has 0 aromatic heterocycles. The van der Waals surface area contributed by atoms with Crippen molar-refractivity contribution in [1.82, 2.24) is 0 Å². The lowest BCUT2D eigenvalue weighted by atomic mass is 9.87. The Labute approximate surface area is 168 Å². The highest BCUT2D eigenvalue weighted by molar-refractivity contribution is 5.67. The molecule has 0 atom stereocenters. The molecule has 0 radical (unpaired) electrons. The Bertz CT molecular complexity index is 944. The molecule has 3 nitrogen and oxygen atoms in total. The van der Waals surface area contributed by atoms with Crippen LogP contribution in [-0.4, -0.2) is 6.36 Å². The van der Waals surface area contributed by atoms with E-state index in [1.807, 2.05) is 30.3 Å². The summed E-state index contributed by atoms with van der Waals surface area (Å²) in [6.45, 7) is 6.47. The molecule has 0 aliphatic carbocycles. The fraction of sp³-hybridized carbons (Fsp3) is 0.217. The largest absolute Gasteiger partial charge is 0.573 e. The molecule has 0 heterocycles. The third-order valence-electron chi connectivity index (χ3n) is 4.20. The van der Waals surface area contributed by atoms with Gasteiger partial charge in [-0.1, -0.05) is 45.0 Å². The van der Waals surface area contributed by atoms with Crippen LogP contribution in [0, 0.1) is 0 Å². The predicted molar refractivity (Wildman–Crippen MR) is 108 cm³/mol. The van der Waals surface area contributed by atoms with Crippen molar-refractivity contribution in [2.24, 2.45) is 0 Å². The number of ether oxygens (including phenoxy) is 2. The van der Waals surface area contributed by atoms with Gasteiger partial charge in [-0.05, 0) is 59.5 Å². The quantitative estimate of drug-likeness (QED) is 0.482. The molecular formula is C23H22F3NO2. The van der Waals surface area contributed by atoms with Crippen LogP contribution in [0.4, 0.5) is 24.5 Å². The number of nitrogens with one attached hydrogen (secondary N) is 1. The van der Waals surface area contributed by atoms with Gasteiger partial charge in [0, 0.05) is 5.69 Å². The monoisotopic (exact) mass is 401 g/mol. The van der Waals surface area contributed by atoms with Gasteiger partial charge in [-0.3, -0.25) is 0 Å². The first-order chi connectivity index (χ1) is 13.6. The van der Waals surface area contributed by atoms with E-state index in [-0.39, 0.29) is 11.2 Å². The summed E-state index contributed by atoms with van der Waals surface area (Å²) < 4.78 is 46.6. The third kappa shape index (κ3) is 5.91. The van der Waals surface area contributed by atoms with Gasteiger partial charge in [-0.15, -0.1) is 13.2 Å². The van der Waals surface area contributed by atoms with Gasteiger partial charge in [0.05, 0.1) is 5.69 Å². The normalized spacial score (nSPS) is 11.8. The lowest BCUT2D eigenvalue weighted by Gasteiger charge is -2.19. The summed E-state index contributed by atoms with van der Waals surface area (Å²) >= 11 is 0. The van der Waals surface area contributed by atoms with Crippen molar-refractivity contribution >= 4 is 11.4 Å². The molecule has 3 aromatic carbocycles. The second-order valence-electron chi connectivity index (χ2n) is 7.57. The Hall–Kier alpha value is -3.15. The highest BCUT2D eigenvalue weighted by Crippen LogP contribution is 2.33. The van der Waals surface area contributed by atoms with Crippen LogP contribution in [0.15, 0.2) is 72.8 Å². The van der Waals surface area contributed by atoms with Crippen molar-refractivity contribution in [2.45, 2.75) is 32.5 Å². The maximum absolute atomic E-state index is 12.3. The van der Waals surface area contributed by atoms with Gasteiger partial charge in [0.25, 0.3) is 0 Å². The average molecular weight is 401 g/mol. The van der Waals surface area contributed by atoms with Crippen molar-refractivity contribution in [3.05, 3.63) is 78.4 Å². The van der Waals surface area contributed by atoms with Crippen molar-refractivity contribution in [2.75, 3.05) is 5.32 Å². The van der Waals surface area contributed by atoms with Gasteiger partial charge < -0.3 is 14.8 Å². The minimum absolute atomic E-state index is 0.0710. The van der Waals surface area contributed by atoms with Gasteiger partial charge in [-0.2, -0.15) is 0 Å². The van der Waals surface area contributed by atoms with E-state index in [1.54, 1.807) is 6.07 Å². The standard InChI is InChI=1S/C23H22F3NO2/c1-22(2,3)16-8-10-17(11-9-16)27-20-6-4-5-7-21(20)28-18-12-14-19(15-13-18)29-23(24,25)26/h4-15,27H,1-3H3. The molecule has 0 fully saturated rings. The molecule has 0 amide bonds. The number of anilines is 2. The Kier molecular flexibility index (Phi) is 5.73. The van der Waals surface area contributed by atoms with Gasteiger partial charge in [0.15, 0.2) is 5.75 Å². The first-order valence-corrected chi connectivity index (χ1v) is 9.10. The van der Waals surface area contributed by atoms with Crippen LogP contribution in [0.1, 0.15) is 26.3 Å². The maximum Gasteiger partial charge on any atom is 0.573 e. The van der Waals surface area contributed by atoms with E-state index < -0.39 is 6.36 Å². The Morgan fingerprint density at radius 1 is 0.724 bits per heavy atom. The highest BCUT2D eigenvalue weighted by Gasteiger charge is 2.31. The van der Waals surface area contributed by atoms with Crippen LogP contribution in [0.5, 0.6) is 17.2 Å². The molecule has 0 aliphatic rings. The topological polar surface area (TPSA) is 30.5 Å². The van der Waals surface area contributed by atoms with Crippen LogP contribution in [0.3, 0.4) is 0 Å². The molecule has 3 rings (SSSR count). The number of halogens is 3. The van der Waals surface area contributed by atoms with Crippen molar-refractivity contribution in [3.8, 4) is 17.2 Å². The number of benzene rings is 3. The molecule has 0 spiro atoms. The van der Waals surface area contributed by atoms with Crippen LogP contribution < -0.4 is 14.8 Å². The van der Waals surface area contributed by atoms with E-state index in [9.17, 15) is 13.2 Å². The van der Waals surface area contributed by atoms with E-state index >= 15 is 0 Å². The minimum atomic E-state index is -4.72. The molecule has 0 saturated carbocycles. The second-order valence-corrected chi connectivity index (χ2v) is 7.57. The van der Waals surface area contributed by atoms with Crippen LogP contribution in [0.25, 0.3) is 0 Å². The average Bonchev–Trinajstić information content (AvgIpc) is 2.63. The van der Waals surface area contributed by atoms with E-state index in [2.05, 4.69) is 43.0 Å². The zero-order chi connectivity index (χ0) is 21.1. The first kappa shape index (κ1) is 20.6. The van der Waals surface area contributed by atoms with Crippen molar-refractivity contribution in [3.63, 3.8) is 0 Å². The summed E-state index contributed by atoms with van der Waals surface area (Å²) in [6.07, 6.45) is -4.72. The number of para-hydroxylation sites is 2. The highest BCUT2D eigenvalue weighted by atomic mass is 19.4. The van der Waals surface area contributed by atoms with Crippen molar-refractivity contribution < 1.29 is 22.6 Å². The van der Waals surface area contributed by atoms with Crippen LogP contribution >= 0.6 is 0 Å². The molecule has 1 N–H and O–H groups in total. The molecule has 0 bridgehead atoms. The maximum atomic E-state index is 12.3. The molecular weight excluding hydrogens is 379 g/mol. The van der Waals surface area contributed by atoms with E-state index in [4.69, 9.17) is 4.74 Å². The van der Waals surface area contributed by atoms with Gasteiger partial charge >= 0.3 is 6.36 Å². The lowest BCUT2D eigenvalue weighted by Crippen LogP contribution is -2.16. The van der Waals surface area contributed by atoms with Gasteiger partial charge in [0.2, 0.25) is 0 Å². The van der Waals surface area contributed by atoms with E-state index in [0.717, 1.165) is 11.4 Å². The fourth-order valence-corrected chi connectivity index (χ4v) is 2.70. The third-order valence-corrected chi connectivity index (χ3v) is 4.20.